The highest BCUT2D eigenvalue weighted by atomic mass is 32.1. The van der Waals surface area contributed by atoms with E-state index in [2.05, 4.69) is 12.6 Å². The van der Waals surface area contributed by atoms with Gasteiger partial charge in [0.15, 0.2) is 6.29 Å². The van der Waals surface area contributed by atoms with Gasteiger partial charge in [-0.25, -0.2) is 0 Å². The lowest BCUT2D eigenvalue weighted by Gasteiger charge is -2.36. The summed E-state index contributed by atoms with van der Waals surface area (Å²) in [4.78, 5) is 1.73. The molecule has 1 heterocycles. The summed E-state index contributed by atoms with van der Waals surface area (Å²) in [5, 5.41) is 28.1. The minimum Gasteiger partial charge on any atom is -0.394 e. The van der Waals surface area contributed by atoms with Crippen molar-refractivity contribution in [1.82, 2.24) is 4.90 Å². The molecule has 0 spiro atoms. The molecule has 1 rings (SSSR count). The molecule has 1 aliphatic heterocycles. The van der Waals surface area contributed by atoms with Gasteiger partial charge in [0.2, 0.25) is 0 Å². The third-order valence-corrected chi connectivity index (χ3v) is 3.43. The molecule has 0 aliphatic carbocycles. The van der Waals surface area contributed by atoms with Gasteiger partial charge in [-0.15, -0.1) is 12.6 Å². The number of likely N-dealkylation sites (N-methyl/N-ethyl adjacent to an activating group) is 1. The number of aliphatic hydroxyl groups is 3. The molecule has 18 heavy (non-hydrogen) atoms. The number of thiocarbonyl (C=S) groups is 1. The maximum absolute atomic E-state index is 9.58. The van der Waals surface area contributed by atoms with Crippen molar-refractivity contribution in [2.45, 2.75) is 31.0 Å². The Balaban J connectivity index is 2.32. The van der Waals surface area contributed by atoms with Gasteiger partial charge in [0.25, 0.3) is 0 Å². The zero-order valence-electron chi connectivity index (χ0n) is 10.1. The summed E-state index contributed by atoms with van der Waals surface area (Å²) in [6.45, 7) is 0.534. The van der Waals surface area contributed by atoms with E-state index in [4.69, 9.17) is 26.8 Å². The van der Waals surface area contributed by atoms with Gasteiger partial charge in [-0.1, -0.05) is 12.2 Å². The van der Waals surface area contributed by atoms with Crippen LogP contribution in [-0.2, 0) is 9.47 Å². The van der Waals surface area contributed by atoms with Crippen LogP contribution < -0.4 is 0 Å². The van der Waals surface area contributed by atoms with Crippen LogP contribution in [0, 0.1) is 0 Å². The summed E-state index contributed by atoms with van der Waals surface area (Å²) in [5.74, 6) is 0. The summed E-state index contributed by atoms with van der Waals surface area (Å²) in [7, 11) is 1.79. The van der Waals surface area contributed by atoms with Crippen molar-refractivity contribution < 1.29 is 24.8 Å². The van der Waals surface area contributed by atoms with Crippen molar-refractivity contribution in [3.05, 3.63) is 0 Å². The molecule has 3 N–H and O–H groups in total. The van der Waals surface area contributed by atoms with Crippen molar-refractivity contribution in [3.63, 3.8) is 0 Å². The molecule has 0 aromatic rings. The Hall–Kier alpha value is 0.0400. The Morgan fingerprint density at radius 1 is 1.56 bits per heavy atom. The van der Waals surface area contributed by atoms with Gasteiger partial charge in [-0.05, 0) is 0 Å². The lowest BCUT2D eigenvalue weighted by atomic mass is 10.0. The average Bonchev–Trinajstić information content (AvgIpc) is 2.33. The van der Waals surface area contributed by atoms with E-state index in [1.54, 1.807) is 11.9 Å². The van der Waals surface area contributed by atoms with E-state index >= 15 is 0 Å². The molecule has 1 fully saturated rings. The Morgan fingerprint density at radius 2 is 2.22 bits per heavy atom. The molecule has 106 valence electrons. The normalized spacial score (nSPS) is 32.3. The fraction of sp³-hybridized carbons (Fsp3) is 0.900. The van der Waals surface area contributed by atoms with Gasteiger partial charge >= 0.3 is 0 Å². The largest absolute Gasteiger partial charge is 0.394 e. The maximum atomic E-state index is 9.58. The van der Waals surface area contributed by atoms with E-state index in [1.165, 1.54) is 0 Å². The second kappa shape index (κ2) is 7.59. The Morgan fingerprint density at radius 3 is 2.78 bits per heavy atom. The van der Waals surface area contributed by atoms with Crippen LogP contribution in [0.2, 0.25) is 0 Å². The topological polar surface area (TPSA) is 82.4 Å². The summed E-state index contributed by atoms with van der Waals surface area (Å²) in [6, 6.07) is 0. The zero-order valence-corrected chi connectivity index (χ0v) is 11.8. The number of nitrogens with zero attached hydrogens (tertiary/aromatic N) is 1. The monoisotopic (exact) mass is 297 g/mol. The third kappa shape index (κ3) is 4.61. The van der Waals surface area contributed by atoms with E-state index in [0.29, 0.717) is 17.5 Å². The molecule has 0 bridgehead atoms. The summed E-state index contributed by atoms with van der Waals surface area (Å²) in [6.07, 6.45) is -3.32. The summed E-state index contributed by atoms with van der Waals surface area (Å²) >= 11 is 8.87. The van der Waals surface area contributed by atoms with Gasteiger partial charge in [0, 0.05) is 20.0 Å². The summed E-state index contributed by atoms with van der Waals surface area (Å²) in [5.41, 5.74) is 0. The van der Waals surface area contributed by atoms with Gasteiger partial charge in [0.05, 0.1) is 19.3 Å². The van der Waals surface area contributed by atoms with Crippen LogP contribution in [-0.4, -0.2) is 75.9 Å². The predicted molar refractivity (Wildman–Crippen MR) is 72.5 cm³/mol. The number of rotatable bonds is 5. The number of hydrogen-bond acceptors (Lipinski definition) is 6. The molecule has 0 radical (unpaired) electrons. The quantitative estimate of drug-likeness (QED) is 0.382. The van der Waals surface area contributed by atoms with Crippen molar-refractivity contribution in [2.75, 3.05) is 26.8 Å². The first kappa shape index (κ1) is 16.1. The molecule has 0 aromatic heterocycles. The molecule has 0 amide bonds. The highest BCUT2D eigenvalue weighted by molar-refractivity contribution is 8.10. The second-order valence-corrected chi connectivity index (χ2v) is 5.27. The van der Waals surface area contributed by atoms with E-state index < -0.39 is 24.6 Å². The third-order valence-electron chi connectivity index (χ3n) is 2.77. The Bertz CT molecular complexity index is 281. The van der Waals surface area contributed by atoms with Gasteiger partial charge in [-0.3, -0.25) is 0 Å². The smallest absolute Gasteiger partial charge is 0.160 e. The molecule has 1 saturated heterocycles. The van der Waals surface area contributed by atoms with Crippen molar-refractivity contribution in [1.29, 1.82) is 0 Å². The fourth-order valence-electron chi connectivity index (χ4n) is 1.59. The van der Waals surface area contributed by atoms with Crippen LogP contribution in [0.25, 0.3) is 0 Å². The van der Waals surface area contributed by atoms with E-state index in [1.807, 2.05) is 0 Å². The first-order chi connectivity index (χ1) is 8.45. The van der Waals surface area contributed by atoms with Crippen molar-refractivity contribution in [3.8, 4) is 0 Å². The highest BCUT2D eigenvalue weighted by Crippen LogP contribution is 2.20. The number of hydrogen-bond donors (Lipinski definition) is 4. The fourth-order valence-corrected chi connectivity index (χ4v) is 1.78. The van der Waals surface area contributed by atoms with E-state index in [9.17, 15) is 10.2 Å². The van der Waals surface area contributed by atoms with Gasteiger partial charge < -0.3 is 29.7 Å². The van der Waals surface area contributed by atoms with E-state index in [-0.39, 0.29) is 13.0 Å². The molecule has 0 unspecified atom stereocenters. The standard InChI is InChI=1S/C10H19NO5S2/c1-11(10(17)18)2-3-15-8-4-6(13)9(14)7(5-12)16-8/h6-9,12-14H,2-5H2,1H3,(H,17,18)/t6-,7-,8+,9+/m1/s1. The number of aliphatic hydroxyl groups excluding tert-OH is 3. The maximum Gasteiger partial charge on any atom is 0.160 e. The van der Waals surface area contributed by atoms with Crippen LogP contribution in [0.15, 0.2) is 0 Å². The van der Waals surface area contributed by atoms with Gasteiger partial charge in [-0.2, -0.15) is 0 Å². The molecule has 8 heteroatoms. The molecular weight excluding hydrogens is 278 g/mol. The molecule has 0 aromatic carbocycles. The first-order valence-electron chi connectivity index (χ1n) is 5.63. The molecule has 0 saturated carbocycles. The lowest BCUT2D eigenvalue weighted by molar-refractivity contribution is -0.256. The predicted octanol–water partition coefficient (Wildman–Crippen LogP) is -1.02. The number of thiol groups is 1. The molecule has 1 aliphatic rings. The summed E-state index contributed by atoms with van der Waals surface area (Å²) < 4.78 is 11.2. The molecular formula is C10H19NO5S2. The van der Waals surface area contributed by atoms with Crippen LogP contribution in [0.5, 0.6) is 0 Å². The Labute approximate surface area is 117 Å². The first-order valence-corrected chi connectivity index (χ1v) is 6.49. The SMILES string of the molecule is CN(CCO[C@@H]1C[C@@H](O)[C@H](O)[C@@H](CO)O1)C(=S)S. The highest BCUT2D eigenvalue weighted by Gasteiger charge is 2.36. The van der Waals surface area contributed by atoms with Crippen molar-refractivity contribution in [2.24, 2.45) is 0 Å². The van der Waals surface area contributed by atoms with E-state index in [0.717, 1.165) is 0 Å². The number of ether oxygens (including phenoxy) is 2. The molecule has 6 nitrogen and oxygen atoms in total. The van der Waals surface area contributed by atoms with Crippen LogP contribution in [0.3, 0.4) is 0 Å². The average molecular weight is 297 g/mol. The molecule has 4 atom stereocenters. The zero-order chi connectivity index (χ0) is 13.7. The van der Waals surface area contributed by atoms with Gasteiger partial charge in [0.1, 0.15) is 16.5 Å². The van der Waals surface area contributed by atoms with Crippen LogP contribution in [0.4, 0.5) is 0 Å². The lowest BCUT2D eigenvalue weighted by Crippen LogP contribution is -2.50. The van der Waals surface area contributed by atoms with Crippen LogP contribution in [0.1, 0.15) is 6.42 Å². The van der Waals surface area contributed by atoms with Crippen LogP contribution >= 0.6 is 24.8 Å². The van der Waals surface area contributed by atoms with Crippen molar-refractivity contribution >= 4 is 29.2 Å². The second-order valence-electron chi connectivity index (χ2n) is 4.16. The minimum atomic E-state index is -1.08. The minimum absolute atomic E-state index is 0.173. The Kier molecular flexibility index (Phi) is 6.78.